The minimum atomic E-state index is -0.817. The summed E-state index contributed by atoms with van der Waals surface area (Å²) in [6.07, 6.45) is 2.23. The van der Waals surface area contributed by atoms with Crippen LogP contribution in [0.3, 0.4) is 0 Å². The molecule has 0 saturated carbocycles. The number of carbonyl (C=O) groups is 2. The van der Waals surface area contributed by atoms with Crippen molar-refractivity contribution in [2.75, 3.05) is 6.54 Å². The fourth-order valence-corrected chi connectivity index (χ4v) is 2.08. The lowest BCUT2D eigenvalue weighted by Gasteiger charge is -2.14. The summed E-state index contributed by atoms with van der Waals surface area (Å²) in [6.45, 7) is 2.38. The molecule has 0 radical (unpaired) electrons. The van der Waals surface area contributed by atoms with E-state index in [9.17, 15) is 19.8 Å². The van der Waals surface area contributed by atoms with Gasteiger partial charge in [-0.2, -0.15) is 0 Å². The van der Waals surface area contributed by atoms with Crippen molar-refractivity contribution in [3.8, 4) is 11.5 Å². The molecule has 0 heterocycles. The third-order valence-electron chi connectivity index (χ3n) is 3.44. The molecule has 6 heteroatoms. The lowest BCUT2D eigenvalue weighted by molar-refractivity contribution is -0.137. The number of para-hydroxylation sites is 1. The topological polar surface area (TPSA) is 107 Å². The van der Waals surface area contributed by atoms with Crippen LogP contribution in [0.15, 0.2) is 18.2 Å². The van der Waals surface area contributed by atoms with E-state index in [4.69, 9.17) is 5.11 Å². The fourth-order valence-electron chi connectivity index (χ4n) is 2.08. The number of benzene rings is 1. The number of nitrogens with one attached hydrogen (secondary N) is 1. The van der Waals surface area contributed by atoms with E-state index in [0.29, 0.717) is 19.4 Å². The molecule has 21 heavy (non-hydrogen) atoms. The molecule has 0 aliphatic heterocycles. The largest absolute Gasteiger partial charge is 0.504 e. The predicted octanol–water partition coefficient (Wildman–Crippen LogP) is 2.11. The van der Waals surface area contributed by atoms with E-state index in [-0.39, 0.29) is 23.7 Å². The Morgan fingerprint density at radius 2 is 1.95 bits per heavy atom. The minimum Gasteiger partial charge on any atom is -0.504 e. The molecule has 1 amide bonds. The van der Waals surface area contributed by atoms with Crippen molar-refractivity contribution >= 4 is 11.9 Å². The second kappa shape index (κ2) is 8.14. The van der Waals surface area contributed by atoms with Crippen molar-refractivity contribution in [2.45, 2.75) is 32.6 Å². The Balaban J connectivity index is 2.45. The average molecular weight is 295 g/mol. The van der Waals surface area contributed by atoms with Crippen molar-refractivity contribution in [3.63, 3.8) is 0 Å². The van der Waals surface area contributed by atoms with Crippen molar-refractivity contribution in [1.82, 2.24) is 5.32 Å². The number of carbonyl (C=O) groups excluding carboxylic acids is 1. The number of carboxylic acid groups (broad SMARTS) is 1. The minimum absolute atomic E-state index is 0.0218. The van der Waals surface area contributed by atoms with Gasteiger partial charge in [0.1, 0.15) is 0 Å². The van der Waals surface area contributed by atoms with E-state index in [1.54, 1.807) is 0 Å². The molecule has 1 atom stereocenters. The number of phenolic OH excluding ortho intramolecular Hbond substituents is 2. The summed E-state index contributed by atoms with van der Waals surface area (Å²) >= 11 is 0. The Bertz CT molecular complexity index is 501. The molecule has 0 bridgehead atoms. The SMILES string of the molecule is CCC(CCNC(=O)c1cccc(O)c1O)CCC(=O)O. The lowest BCUT2D eigenvalue weighted by Crippen LogP contribution is -2.26. The molecule has 1 aromatic rings. The maximum Gasteiger partial charge on any atom is 0.303 e. The molecular formula is C15H21NO5. The summed E-state index contributed by atoms with van der Waals surface area (Å²) < 4.78 is 0. The second-order valence-electron chi connectivity index (χ2n) is 4.92. The van der Waals surface area contributed by atoms with Crippen LogP contribution in [0.1, 0.15) is 43.0 Å². The zero-order chi connectivity index (χ0) is 15.8. The van der Waals surface area contributed by atoms with Crippen molar-refractivity contribution in [3.05, 3.63) is 23.8 Å². The van der Waals surface area contributed by atoms with Crippen LogP contribution in [0.4, 0.5) is 0 Å². The predicted molar refractivity (Wildman–Crippen MR) is 77.4 cm³/mol. The number of hydrogen-bond acceptors (Lipinski definition) is 4. The van der Waals surface area contributed by atoms with Crippen LogP contribution in [0.2, 0.25) is 0 Å². The van der Waals surface area contributed by atoms with Crippen molar-refractivity contribution in [1.29, 1.82) is 0 Å². The maximum atomic E-state index is 11.9. The molecule has 116 valence electrons. The standard InChI is InChI=1S/C15H21NO5/c1-2-10(6-7-13(18)19)8-9-16-15(21)11-4-3-5-12(17)14(11)20/h3-5,10,17,20H,2,6-9H2,1H3,(H,16,21)(H,18,19). The van der Waals surface area contributed by atoms with Gasteiger partial charge in [0.05, 0.1) is 5.56 Å². The number of hydrogen-bond donors (Lipinski definition) is 4. The van der Waals surface area contributed by atoms with E-state index < -0.39 is 17.6 Å². The second-order valence-corrected chi connectivity index (χ2v) is 4.92. The van der Waals surface area contributed by atoms with Crippen LogP contribution in [-0.2, 0) is 4.79 Å². The highest BCUT2D eigenvalue weighted by atomic mass is 16.4. The third-order valence-corrected chi connectivity index (χ3v) is 3.44. The van der Waals surface area contributed by atoms with Gasteiger partial charge in [-0.25, -0.2) is 0 Å². The van der Waals surface area contributed by atoms with Crippen LogP contribution >= 0.6 is 0 Å². The Morgan fingerprint density at radius 3 is 2.57 bits per heavy atom. The van der Waals surface area contributed by atoms with Crippen LogP contribution in [0, 0.1) is 5.92 Å². The lowest BCUT2D eigenvalue weighted by atomic mass is 9.96. The number of aliphatic carboxylic acids is 1. The van der Waals surface area contributed by atoms with E-state index in [2.05, 4.69) is 5.32 Å². The molecule has 1 rings (SSSR count). The molecule has 1 unspecified atom stereocenters. The van der Waals surface area contributed by atoms with E-state index in [1.807, 2.05) is 6.92 Å². The van der Waals surface area contributed by atoms with Gasteiger partial charge >= 0.3 is 5.97 Å². The zero-order valence-electron chi connectivity index (χ0n) is 12.0. The van der Waals surface area contributed by atoms with Gasteiger partial charge in [0.25, 0.3) is 5.91 Å². The van der Waals surface area contributed by atoms with E-state index >= 15 is 0 Å². The first-order valence-corrected chi connectivity index (χ1v) is 6.96. The van der Waals surface area contributed by atoms with Gasteiger partial charge in [-0.15, -0.1) is 0 Å². The summed E-state index contributed by atoms with van der Waals surface area (Å²) in [4.78, 5) is 22.4. The van der Waals surface area contributed by atoms with Gasteiger partial charge in [-0.3, -0.25) is 9.59 Å². The first-order chi connectivity index (χ1) is 9.95. The Morgan fingerprint density at radius 1 is 1.24 bits per heavy atom. The zero-order valence-corrected chi connectivity index (χ0v) is 12.0. The summed E-state index contributed by atoms with van der Waals surface area (Å²) in [6, 6.07) is 4.20. The summed E-state index contributed by atoms with van der Waals surface area (Å²) in [5.74, 6) is -1.82. The quantitative estimate of drug-likeness (QED) is 0.549. The van der Waals surface area contributed by atoms with Gasteiger partial charge < -0.3 is 20.6 Å². The van der Waals surface area contributed by atoms with Crippen LogP contribution in [0.25, 0.3) is 0 Å². The molecule has 6 nitrogen and oxygen atoms in total. The van der Waals surface area contributed by atoms with Crippen molar-refractivity contribution < 1.29 is 24.9 Å². The first kappa shape index (κ1) is 16.8. The highest BCUT2D eigenvalue weighted by molar-refractivity contribution is 5.97. The van der Waals surface area contributed by atoms with Gasteiger partial charge in [0.2, 0.25) is 0 Å². The maximum absolute atomic E-state index is 11.9. The monoisotopic (exact) mass is 295 g/mol. The summed E-state index contributed by atoms with van der Waals surface area (Å²) in [5.41, 5.74) is 0.0218. The molecule has 0 saturated heterocycles. The highest BCUT2D eigenvalue weighted by Crippen LogP contribution is 2.27. The van der Waals surface area contributed by atoms with Crippen molar-refractivity contribution in [2.24, 2.45) is 5.92 Å². The Hall–Kier alpha value is -2.24. The smallest absolute Gasteiger partial charge is 0.303 e. The number of carboxylic acids is 1. The molecule has 0 aromatic heterocycles. The number of aromatic hydroxyl groups is 2. The Kier molecular flexibility index (Phi) is 6.52. The summed E-state index contributed by atoms with van der Waals surface area (Å²) in [7, 11) is 0. The molecule has 0 aliphatic carbocycles. The normalized spacial score (nSPS) is 11.9. The number of rotatable bonds is 8. The molecule has 0 fully saturated rings. The van der Waals surface area contributed by atoms with Gasteiger partial charge in [0, 0.05) is 13.0 Å². The molecule has 4 N–H and O–H groups in total. The van der Waals surface area contributed by atoms with Gasteiger partial charge in [-0.1, -0.05) is 19.4 Å². The van der Waals surface area contributed by atoms with E-state index in [0.717, 1.165) is 6.42 Å². The van der Waals surface area contributed by atoms with Crippen LogP contribution in [0.5, 0.6) is 11.5 Å². The molecule has 1 aromatic carbocycles. The van der Waals surface area contributed by atoms with E-state index in [1.165, 1.54) is 18.2 Å². The first-order valence-electron chi connectivity index (χ1n) is 6.96. The molecule has 0 spiro atoms. The van der Waals surface area contributed by atoms with Crippen LogP contribution in [-0.4, -0.2) is 33.7 Å². The fraction of sp³-hybridized carbons (Fsp3) is 0.467. The molecular weight excluding hydrogens is 274 g/mol. The third kappa shape index (κ3) is 5.33. The molecule has 0 aliphatic rings. The van der Waals surface area contributed by atoms with Gasteiger partial charge in [0.15, 0.2) is 11.5 Å². The van der Waals surface area contributed by atoms with Gasteiger partial charge in [-0.05, 0) is 30.9 Å². The Labute approximate surface area is 123 Å². The number of phenols is 2. The highest BCUT2D eigenvalue weighted by Gasteiger charge is 2.14. The average Bonchev–Trinajstić information content (AvgIpc) is 2.45. The van der Waals surface area contributed by atoms with Crippen LogP contribution < -0.4 is 5.32 Å². The summed E-state index contributed by atoms with van der Waals surface area (Å²) in [5, 5.41) is 30.2. The number of amides is 1.